The van der Waals surface area contributed by atoms with Crippen molar-refractivity contribution in [1.29, 1.82) is 5.41 Å². The Morgan fingerprint density at radius 2 is 2.24 bits per heavy atom. The maximum atomic E-state index is 11.7. The molecule has 10 heteroatoms. The number of aromatic nitrogens is 4. The quantitative estimate of drug-likeness (QED) is 0.504. The van der Waals surface area contributed by atoms with Crippen LogP contribution in [0.2, 0.25) is 5.28 Å². The fourth-order valence-corrected chi connectivity index (χ4v) is 1.78. The van der Waals surface area contributed by atoms with E-state index in [0.717, 1.165) is 6.21 Å². The molecule has 9 nitrogen and oxygen atoms in total. The molecule has 0 saturated carbocycles. The lowest BCUT2D eigenvalue weighted by Crippen LogP contribution is -2.20. The summed E-state index contributed by atoms with van der Waals surface area (Å²) in [5.74, 6) is 0.808. The molecule has 0 aliphatic heterocycles. The molecule has 0 aliphatic carbocycles. The molecule has 2 rings (SSSR count). The van der Waals surface area contributed by atoms with E-state index < -0.39 is 5.56 Å². The van der Waals surface area contributed by atoms with Crippen LogP contribution in [-0.2, 0) is 17.8 Å². The first-order chi connectivity index (χ1) is 10.1. The van der Waals surface area contributed by atoms with Gasteiger partial charge in [0.1, 0.15) is 18.0 Å². The molecule has 2 aromatic heterocycles. The number of nitrogens with one attached hydrogen (secondary N) is 3. The van der Waals surface area contributed by atoms with Gasteiger partial charge in [-0.1, -0.05) is 0 Å². The van der Waals surface area contributed by atoms with Gasteiger partial charge in [0.05, 0.1) is 0 Å². The van der Waals surface area contributed by atoms with E-state index in [-0.39, 0.29) is 23.3 Å². The summed E-state index contributed by atoms with van der Waals surface area (Å²) in [6.07, 6.45) is 1.36. The number of hydrogen-bond donors (Lipinski definition) is 3. The lowest BCUT2D eigenvalue weighted by molar-refractivity contribution is 0.158. The van der Waals surface area contributed by atoms with E-state index in [0.29, 0.717) is 24.7 Å². The van der Waals surface area contributed by atoms with Crippen LogP contribution >= 0.6 is 11.6 Å². The molecular formula is C11H13ClN6O3. The molecule has 2 aromatic rings. The van der Waals surface area contributed by atoms with Gasteiger partial charge < -0.3 is 19.9 Å². The Balaban J connectivity index is 2.00. The molecule has 0 radical (unpaired) electrons. The summed E-state index contributed by atoms with van der Waals surface area (Å²) in [4.78, 5) is 17.9. The summed E-state index contributed by atoms with van der Waals surface area (Å²) >= 11 is 5.62. The number of hydrogen-bond acceptors (Lipinski definition) is 8. The molecule has 0 spiro atoms. The fourth-order valence-electron chi connectivity index (χ4n) is 1.60. The van der Waals surface area contributed by atoms with Gasteiger partial charge in [0.15, 0.2) is 0 Å². The molecule has 2 heterocycles. The Morgan fingerprint density at radius 1 is 1.48 bits per heavy atom. The Labute approximate surface area is 124 Å². The highest BCUT2D eigenvalue weighted by atomic mass is 35.5. The standard InChI is InChI=1S/C11H13ClN6O3/c1-20-5-8-18-17-7(21-8)2-3-14-9-6(4-13)15-11(12)16-10(9)19/h4,13-14H,2-3,5H2,1H3,(H,15,16,19). The van der Waals surface area contributed by atoms with E-state index >= 15 is 0 Å². The molecule has 21 heavy (non-hydrogen) atoms. The SMILES string of the molecule is COCc1nnc(CCNc2c(C=N)nc(Cl)[nH]c2=O)o1. The second kappa shape index (κ2) is 6.95. The molecule has 0 aromatic carbocycles. The summed E-state index contributed by atoms with van der Waals surface area (Å²) < 4.78 is 10.2. The topological polar surface area (TPSA) is 130 Å². The molecule has 0 amide bonds. The Bertz CT molecular complexity index is 683. The van der Waals surface area contributed by atoms with Crippen LogP contribution in [0.1, 0.15) is 17.5 Å². The number of anilines is 1. The van der Waals surface area contributed by atoms with Crippen LogP contribution < -0.4 is 10.9 Å². The summed E-state index contributed by atoms with van der Waals surface area (Å²) in [6.45, 7) is 0.612. The Kier molecular flexibility index (Phi) is 5.01. The Morgan fingerprint density at radius 3 is 2.95 bits per heavy atom. The summed E-state index contributed by atoms with van der Waals surface area (Å²) in [6, 6.07) is 0. The van der Waals surface area contributed by atoms with Crippen molar-refractivity contribution in [3.05, 3.63) is 33.1 Å². The van der Waals surface area contributed by atoms with Gasteiger partial charge in [0.25, 0.3) is 5.56 Å². The number of H-pyrrole nitrogens is 1. The first kappa shape index (κ1) is 15.1. The minimum Gasteiger partial charge on any atom is -0.423 e. The molecule has 0 atom stereocenters. The predicted molar refractivity (Wildman–Crippen MR) is 75.0 cm³/mol. The van der Waals surface area contributed by atoms with Gasteiger partial charge >= 0.3 is 0 Å². The number of aromatic amines is 1. The molecule has 0 aliphatic rings. The van der Waals surface area contributed by atoms with Crippen LogP contribution in [0.15, 0.2) is 9.21 Å². The zero-order chi connectivity index (χ0) is 15.2. The van der Waals surface area contributed by atoms with Crippen molar-refractivity contribution >= 4 is 23.5 Å². The molecule has 112 valence electrons. The van der Waals surface area contributed by atoms with Gasteiger partial charge in [0.2, 0.25) is 17.1 Å². The number of rotatable bonds is 7. The van der Waals surface area contributed by atoms with Crippen molar-refractivity contribution in [3.8, 4) is 0 Å². The van der Waals surface area contributed by atoms with Gasteiger partial charge in [-0.2, -0.15) is 0 Å². The van der Waals surface area contributed by atoms with Gasteiger partial charge in [-0.05, 0) is 11.6 Å². The van der Waals surface area contributed by atoms with E-state index in [1.54, 1.807) is 0 Å². The van der Waals surface area contributed by atoms with Crippen LogP contribution in [0.4, 0.5) is 5.69 Å². The minimum absolute atomic E-state index is 0.0647. The lowest BCUT2D eigenvalue weighted by Gasteiger charge is -2.06. The lowest BCUT2D eigenvalue weighted by atomic mass is 10.3. The number of methoxy groups -OCH3 is 1. The average Bonchev–Trinajstić information content (AvgIpc) is 2.88. The second-order valence-electron chi connectivity index (χ2n) is 3.96. The largest absolute Gasteiger partial charge is 0.423 e. The van der Waals surface area contributed by atoms with Crippen molar-refractivity contribution in [3.63, 3.8) is 0 Å². The highest BCUT2D eigenvalue weighted by Gasteiger charge is 2.10. The number of ether oxygens (including phenoxy) is 1. The van der Waals surface area contributed by atoms with Crippen LogP contribution in [0.25, 0.3) is 0 Å². The zero-order valence-corrected chi connectivity index (χ0v) is 11.9. The molecule has 0 unspecified atom stereocenters. The monoisotopic (exact) mass is 312 g/mol. The van der Waals surface area contributed by atoms with Crippen LogP contribution in [0.3, 0.4) is 0 Å². The third-order valence-electron chi connectivity index (χ3n) is 2.47. The second-order valence-corrected chi connectivity index (χ2v) is 4.32. The summed E-state index contributed by atoms with van der Waals surface area (Å²) in [5.41, 5.74) is -0.112. The molecule has 0 bridgehead atoms. The maximum Gasteiger partial charge on any atom is 0.275 e. The van der Waals surface area contributed by atoms with Crippen LogP contribution in [0.5, 0.6) is 0 Å². The summed E-state index contributed by atoms with van der Waals surface area (Å²) in [7, 11) is 1.53. The zero-order valence-electron chi connectivity index (χ0n) is 11.1. The minimum atomic E-state index is -0.445. The normalized spacial score (nSPS) is 10.6. The number of nitrogens with zero attached hydrogens (tertiary/aromatic N) is 3. The van der Waals surface area contributed by atoms with E-state index in [1.807, 2.05) is 0 Å². The molecule has 0 fully saturated rings. The predicted octanol–water partition coefficient (Wildman–Crippen LogP) is 0.605. The average molecular weight is 313 g/mol. The van der Waals surface area contributed by atoms with Crippen molar-refractivity contribution < 1.29 is 9.15 Å². The Hall–Kier alpha value is -2.26. The molecule has 3 N–H and O–H groups in total. The number of halogens is 1. The molecular weight excluding hydrogens is 300 g/mol. The van der Waals surface area contributed by atoms with Gasteiger partial charge in [0, 0.05) is 26.3 Å². The van der Waals surface area contributed by atoms with Crippen LogP contribution in [-0.4, -0.2) is 40.0 Å². The van der Waals surface area contributed by atoms with E-state index in [1.165, 1.54) is 7.11 Å². The molecule has 0 saturated heterocycles. The van der Waals surface area contributed by atoms with E-state index in [2.05, 4.69) is 25.5 Å². The third-order valence-corrected chi connectivity index (χ3v) is 2.65. The van der Waals surface area contributed by atoms with Crippen molar-refractivity contribution in [1.82, 2.24) is 20.2 Å². The smallest absolute Gasteiger partial charge is 0.275 e. The van der Waals surface area contributed by atoms with Crippen molar-refractivity contribution in [2.45, 2.75) is 13.0 Å². The van der Waals surface area contributed by atoms with E-state index in [4.69, 9.17) is 26.2 Å². The van der Waals surface area contributed by atoms with Gasteiger partial charge in [-0.15, -0.1) is 10.2 Å². The first-order valence-corrected chi connectivity index (χ1v) is 6.36. The van der Waals surface area contributed by atoms with Crippen molar-refractivity contribution in [2.24, 2.45) is 0 Å². The van der Waals surface area contributed by atoms with Crippen molar-refractivity contribution in [2.75, 3.05) is 19.0 Å². The van der Waals surface area contributed by atoms with Gasteiger partial charge in [-0.25, -0.2) is 4.98 Å². The first-order valence-electron chi connectivity index (χ1n) is 5.98. The fraction of sp³-hybridized carbons (Fsp3) is 0.364. The van der Waals surface area contributed by atoms with E-state index in [9.17, 15) is 4.79 Å². The van der Waals surface area contributed by atoms with Gasteiger partial charge in [-0.3, -0.25) is 9.78 Å². The maximum absolute atomic E-state index is 11.7. The third kappa shape index (κ3) is 3.86. The highest BCUT2D eigenvalue weighted by Crippen LogP contribution is 2.08. The highest BCUT2D eigenvalue weighted by molar-refractivity contribution is 6.28. The van der Waals surface area contributed by atoms with Crippen LogP contribution in [0, 0.1) is 5.41 Å². The summed E-state index contributed by atoms with van der Waals surface area (Å²) in [5, 5.41) is 17.7.